The van der Waals surface area contributed by atoms with Crippen molar-refractivity contribution in [2.24, 2.45) is 0 Å². The van der Waals surface area contributed by atoms with E-state index in [0.29, 0.717) is 44.4 Å². The molecule has 0 saturated carbocycles. The van der Waals surface area contributed by atoms with E-state index in [2.05, 4.69) is 5.32 Å². The molecule has 0 bridgehead atoms. The maximum Gasteiger partial charge on any atom is 0.416 e. The highest BCUT2D eigenvalue weighted by atomic mass is 19.4. The SMILES string of the molecule is OCC[C@H](c1cc(C(F)(F)F)ccc1C(F)(F)F)N1CCNCC1. The Kier molecular flexibility index (Phi) is 5.77. The highest BCUT2D eigenvalue weighted by Gasteiger charge is 2.39. The lowest BCUT2D eigenvalue weighted by Crippen LogP contribution is -2.45. The van der Waals surface area contributed by atoms with Crippen molar-refractivity contribution < 1.29 is 31.4 Å². The smallest absolute Gasteiger partial charge is 0.396 e. The van der Waals surface area contributed by atoms with Crippen LogP contribution in [-0.4, -0.2) is 42.8 Å². The van der Waals surface area contributed by atoms with E-state index in [1.165, 1.54) is 0 Å². The molecule has 136 valence electrons. The van der Waals surface area contributed by atoms with Crippen LogP contribution >= 0.6 is 0 Å². The van der Waals surface area contributed by atoms with Gasteiger partial charge in [-0.3, -0.25) is 4.90 Å². The average molecular weight is 356 g/mol. The fraction of sp³-hybridized carbons (Fsp3) is 0.600. The molecule has 2 N–H and O–H groups in total. The Hall–Kier alpha value is -1.32. The first-order valence-corrected chi connectivity index (χ1v) is 7.48. The van der Waals surface area contributed by atoms with Gasteiger partial charge in [0.25, 0.3) is 0 Å². The molecule has 3 nitrogen and oxygen atoms in total. The number of halogens is 6. The fourth-order valence-electron chi connectivity index (χ4n) is 2.92. The number of hydrogen-bond acceptors (Lipinski definition) is 3. The molecule has 24 heavy (non-hydrogen) atoms. The molecule has 1 aromatic rings. The van der Waals surface area contributed by atoms with E-state index in [0.717, 1.165) is 0 Å². The maximum absolute atomic E-state index is 13.3. The van der Waals surface area contributed by atoms with Crippen molar-refractivity contribution in [3.8, 4) is 0 Å². The van der Waals surface area contributed by atoms with Crippen LogP contribution in [0.1, 0.15) is 29.2 Å². The Labute approximate surface area is 135 Å². The highest BCUT2D eigenvalue weighted by Crippen LogP contribution is 2.40. The van der Waals surface area contributed by atoms with Gasteiger partial charge in [-0.15, -0.1) is 0 Å². The lowest BCUT2D eigenvalue weighted by atomic mass is 9.93. The van der Waals surface area contributed by atoms with E-state index >= 15 is 0 Å². The van der Waals surface area contributed by atoms with E-state index in [4.69, 9.17) is 0 Å². The predicted molar refractivity (Wildman–Crippen MR) is 75.3 cm³/mol. The monoisotopic (exact) mass is 356 g/mol. The number of rotatable bonds is 4. The highest BCUT2D eigenvalue weighted by molar-refractivity contribution is 5.37. The summed E-state index contributed by atoms with van der Waals surface area (Å²) in [6.07, 6.45) is -9.56. The molecule has 1 aliphatic heterocycles. The minimum absolute atomic E-state index is 0.0651. The zero-order valence-corrected chi connectivity index (χ0v) is 12.7. The van der Waals surface area contributed by atoms with Gasteiger partial charge in [-0.2, -0.15) is 26.3 Å². The summed E-state index contributed by atoms with van der Waals surface area (Å²) in [6.45, 7) is 1.45. The third-order valence-electron chi connectivity index (χ3n) is 4.04. The summed E-state index contributed by atoms with van der Waals surface area (Å²) in [6, 6.07) is 0.562. The quantitative estimate of drug-likeness (QED) is 0.814. The molecule has 0 aromatic heterocycles. The molecule has 0 unspecified atom stereocenters. The Morgan fingerprint density at radius 2 is 1.67 bits per heavy atom. The first-order valence-electron chi connectivity index (χ1n) is 7.48. The van der Waals surface area contributed by atoms with Gasteiger partial charge >= 0.3 is 12.4 Å². The van der Waals surface area contributed by atoms with Crippen LogP contribution in [0, 0.1) is 0 Å². The van der Waals surface area contributed by atoms with Gasteiger partial charge in [-0.1, -0.05) is 0 Å². The van der Waals surface area contributed by atoms with Gasteiger partial charge in [0.15, 0.2) is 0 Å². The van der Waals surface area contributed by atoms with E-state index in [1.54, 1.807) is 4.90 Å². The molecular weight excluding hydrogens is 338 g/mol. The maximum atomic E-state index is 13.3. The van der Waals surface area contributed by atoms with Crippen LogP contribution in [0.3, 0.4) is 0 Å². The molecule has 1 fully saturated rings. The Morgan fingerprint density at radius 3 is 2.17 bits per heavy atom. The Balaban J connectivity index is 2.52. The average Bonchev–Trinajstić information content (AvgIpc) is 2.51. The number of aliphatic hydroxyl groups is 1. The largest absolute Gasteiger partial charge is 0.416 e. The van der Waals surface area contributed by atoms with Crippen molar-refractivity contribution in [1.82, 2.24) is 10.2 Å². The lowest BCUT2D eigenvalue weighted by Gasteiger charge is -2.36. The van der Waals surface area contributed by atoms with Crippen LogP contribution in [0.15, 0.2) is 18.2 Å². The third-order valence-corrected chi connectivity index (χ3v) is 4.04. The summed E-state index contributed by atoms with van der Waals surface area (Å²) in [7, 11) is 0. The van der Waals surface area contributed by atoms with Crippen LogP contribution < -0.4 is 5.32 Å². The normalized spacial score (nSPS) is 18.6. The molecule has 0 radical (unpaired) electrons. The first-order chi connectivity index (χ1) is 11.1. The molecule has 1 aliphatic rings. The van der Waals surface area contributed by atoms with Gasteiger partial charge in [0.1, 0.15) is 0 Å². The van der Waals surface area contributed by atoms with Gasteiger partial charge in [-0.25, -0.2) is 0 Å². The third kappa shape index (κ3) is 4.40. The van der Waals surface area contributed by atoms with Gasteiger partial charge < -0.3 is 10.4 Å². The second-order valence-corrected chi connectivity index (χ2v) is 5.61. The number of aliphatic hydroxyl groups excluding tert-OH is 1. The molecule has 0 spiro atoms. The summed E-state index contributed by atoms with van der Waals surface area (Å²) in [5.41, 5.74) is -2.65. The van der Waals surface area contributed by atoms with Gasteiger partial charge in [0, 0.05) is 38.8 Å². The van der Waals surface area contributed by atoms with Gasteiger partial charge in [0.05, 0.1) is 11.1 Å². The summed E-state index contributed by atoms with van der Waals surface area (Å²) in [5, 5.41) is 12.2. The molecule has 0 aliphatic carbocycles. The number of alkyl halides is 6. The van der Waals surface area contributed by atoms with Crippen LogP contribution in [0.5, 0.6) is 0 Å². The molecule has 9 heteroatoms. The molecule has 2 rings (SSSR count). The summed E-state index contributed by atoms with van der Waals surface area (Å²) in [5.74, 6) is 0. The van der Waals surface area contributed by atoms with E-state index in [-0.39, 0.29) is 6.42 Å². The standard InChI is InChI=1S/C15H18F6N2O/c16-14(17,18)10-1-2-12(15(19,20)21)11(9-10)13(3-8-24)23-6-4-22-5-7-23/h1-2,9,13,22,24H,3-8H2/t13-/m1/s1. The van der Waals surface area contributed by atoms with Crippen molar-refractivity contribution >= 4 is 0 Å². The number of hydrogen-bond donors (Lipinski definition) is 2. The zero-order chi connectivity index (χ0) is 18.0. The second-order valence-electron chi connectivity index (χ2n) is 5.61. The van der Waals surface area contributed by atoms with Crippen LogP contribution in [0.25, 0.3) is 0 Å². The molecular formula is C15H18F6N2O. The molecule has 1 aromatic carbocycles. The van der Waals surface area contributed by atoms with Gasteiger partial charge in [0.2, 0.25) is 0 Å². The van der Waals surface area contributed by atoms with Crippen molar-refractivity contribution in [3.63, 3.8) is 0 Å². The van der Waals surface area contributed by atoms with Crippen LogP contribution in [0.4, 0.5) is 26.3 Å². The van der Waals surface area contributed by atoms with Crippen LogP contribution in [-0.2, 0) is 12.4 Å². The Morgan fingerprint density at radius 1 is 1.04 bits per heavy atom. The summed E-state index contributed by atoms with van der Waals surface area (Å²) >= 11 is 0. The van der Waals surface area contributed by atoms with Crippen LogP contribution in [0.2, 0.25) is 0 Å². The minimum atomic E-state index is -4.76. The van der Waals surface area contributed by atoms with Crippen molar-refractivity contribution in [1.29, 1.82) is 0 Å². The first kappa shape index (κ1) is 19.0. The van der Waals surface area contributed by atoms with Crippen molar-refractivity contribution in [2.75, 3.05) is 32.8 Å². The summed E-state index contributed by atoms with van der Waals surface area (Å²) in [4.78, 5) is 1.68. The molecule has 1 heterocycles. The predicted octanol–water partition coefficient (Wildman–Crippen LogP) is 3.05. The van der Waals surface area contributed by atoms with Gasteiger partial charge in [-0.05, 0) is 30.2 Å². The summed E-state index contributed by atoms with van der Waals surface area (Å²) < 4.78 is 78.6. The number of benzene rings is 1. The number of nitrogens with zero attached hydrogens (tertiary/aromatic N) is 1. The fourth-order valence-corrected chi connectivity index (χ4v) is 2.92. The lowest BCUT2D eigenvalue weighted by molar-refractivity contribution is -0.142. The second kappa shape index (κ2) is 7.28. The Bertz CT molecular complexity index is 552. The number of piperazine rings is 1. The zero-order valence-electron chi connectivity index (χ0n) is 12.7. The number of nitrogens with one attached hydrogen (secondary N) is 1. The minimum Gasteiger partial charge on any atom is -0.396 e. The topological polar surface area (TPSA) is 35.5 Å². The van der Waals surface area contributed by atoms with Crippen molar-refractivity contribution in [3.05, 3.63) is 34.9 Å². The van der Waals surface area contributed by atoms with E-state index < -0.39 is 41.7 Å². The molecule has 1 saturated heterocycles. The van der Waals surface area contributed by atoms with E-state index in [9.17, 15) is 31.4 Å². The van der Waals surface area contributed by atoms with E-state index in [1.807, 2.05) is 0 Å². The molecule has 0 amide bonds. The molecule has 1 atom stereocenters. The van der Waals surface area contributed by atoms with Crippen molar-refractivity contribution in [2.45, 2.75) is 24.8 Å².